The molecule has 1 aliphatic rings. The monoisotopic (exact) mass is 556 g/mol. The van der Waals surface area contributed by atoms with Crippen LogP contribution in [0.1, 0.15) is 41.0 Å². The SMILES string of the molecule is COC(=O)CC1COc2cc(OCc3cccc(-c4c(C)cc(OCCCS(C)(=O)=O)c(F)c4C)c3)ccc21. The Hall–Kier alpha value is -3.59. The number of carbonyl (C=O) groups is 1. The third-order valence-corrected chi connectivity index (χ3v) is 7.74. The molecule has 39 heavy (non-hydrogen) atoms. The summed E-state index contributed by atoms with van der Waals surface area (Å²) in [5.74, 6) is 0.704. The Bertz CT molecular complexity index is 1470. The van der Waals surface area contributed by atoms with Crippen LogP contribution in [0.2, 0.25) is 0 Å². The molecule has 0 aliphatic carbocycles. The number of carbonyl (C=O) groups excluding carboxylic acids is 1. The van der Waals surface area contributed by atoms with E-state index in [1.165, 1.54) is 13.4 Å². The van der Waals surface area contributed by atoms with Crippen molar-refractivity contribution in [3.63, 3.8) is 0 Å². The second-order valence-corrected chi connectivity index (χ2v) is 12.1. The summed E-state index contributed by atoms with van der Waals surface area (Å²) in [5, 5.41) is 0. The number of ether oxygens (including phenoxy) is 4. The van der Waals surface area contributed by atoms with Crippen LogP contribution in [0.25, 0.3) is 11.1 Å². The van der Waals surface area contributed by atoms with Gasteiger partial charge in [0.05, 0.1) is 32.5 Å². The van der Waals surface area contributed by atoms with Crippen LogP contribution >= 0.6 is 0 Å². The molecule has 1 heterocycles. The molecule has 4 rings (SSSR count). The Morgan fingerprint density at radius 3 is 2.64 bits per heavy atom. The van der Waals surface area contributed by atoms with E-state index in [1.807, 2.05) is 49.4 Å². The minimum absolute atomic E-state index is 0.00603. The molecule has 0 spiro atoms. The van der Waals surface area contributed by atoms with Crippen LogP contribution in [-0.2, 0) is 26.0 Å². The summed E-state index contributed by atoms with van der Waals surface area (Å²) in [6.07, 6.45) is 1.73. The second kappa shape index (κ2) is 12.1. The van der Waals surface area contributed by atoms with E-state index in [0.29, 0.717) is 36.7 Å². The normalized spacial score (nSPS) is 14.4. The van der Waals surface area contributed by atoms with E-state index in [-0.39, 0.29) is 36.4 Å². The van der Waals surface area contributed by atoms with Gasteiger partial charge in [0.15, 0.2) is 11.6 Å². The third kappa shape index (κ3) is 7.09. The van der Waals surface area contributed by atoms with Gasteiger partial charge in [0.1, 0.15) is 27.9 Å². The average molecular weight is 557 g/mol. The van der Waals surface area contributed by atoms with Crippen LogP contribution in [0.3, 0.4) is 0 Å². The molecule has 1 atom stereocenters. The molecule has 208 valence electrons. The smallest absolute Gasteiger partial charge is 0.306 e. The first-order valence-electron chi connectivity index (χ1n) is 12.7. The van der Waals surface area contributed by atoms with Gasteiger partial charge in [-0.3, -0.25) is 4.79 Å². The van der Waals surface area contributed by atoms with Crippen molar-refractivity contribution in [3.8, 4) is 28.4 Å². The number of benzene rings is 3. The molecule has 7 nitrogen and oxygen atoms in total. The zero-order chi connectivity index (χ0) is 28.2. The number of rotatable bonds is 11. The van der Waals surface area contributed by atoms with Crippen molar-refractivity contribution in [1.29, 1.82) is 0 Å². The first-order valence-corrected chi connectivity index (χ1v) is 14.8. The number of hydrogen-bond acceptors (Lipinski definition) is 7. The van der Waals surface area contributed by atoms with Crippen LogP contribution in [0.5, 0.6) is 17.2 Å². The van der Waals surface area contributed by atoms with Gasteiger partial charge in [-0.25, -0.2) is 12.8 Å². The molecule has 0 amide bonds. The van der Waals surface area contributed by atoms with Crippen molar-refractivity contribution in [1.82, 2.24) is 0 Å². The lowest BCUT2D eigenvalue weighted by atomic mass is 9.94. The van der Waals surface area contributed by atoms with Gasteiger partial charge in [0.25, 0.3) is 0 Å². The largest absolute Gasteiger partial charge is 0.492 e. The van der Waals surface area contributed by atoms with Gasteiger partial charge in [-0.1, -0.05) is 24.3 Å². The van der Waals surface area contributed by atoms with Gasteiger partial charge < -0.3 is 18.9 Å². The lowest BCUT2D eigenvalue weighted by Gasteiger charge is -2.16. The van der Waals surface area contributed by atoms with Gasteiger partial charge in [0.2, 0.25) is 0 Å². The highest BCUT2D eigenvalue weighted by Crippen LogP contribution is 2.39. The topological polar surface area (TPSA) is 88.1 Å². The third-order valence-electron chi connectivity index (χ3n) is 6.71. The summed E-state index contributed by atoms with van der Waals surface area (Å²) < 4.78 is 59.9. The Morgan fingerprint density at radius 2 is 1.90 bits per heavy atom. The molecule has 0 N–H and O–H groups in total. The lowest BCUT2D eigenvalue weighted by Crippen LogP contribution is -2.09. The van der Waals surface area contributed by atoms with Gasteiger partial charge in [-0.15, -0.1) is 0 Å². The molecule has 1 unspecified atom stereocenters. The van der Waals surface area contributed by atoms with E-state index >= 15 is 4.39 Å². The Labute approximate surface area is 228 Å². The van der Waals surface area contributed by atoms with Gasteiger partial charge in [-0.2, -0.15) is 0 Å². The minimum Gasteiger partial charge on any atom is -0.492 e. The molecule has 9 heteroatoms. The molecule has 3 aromatic rings. The second-order valence-electron chi connectivity index (χ2n) is 9.81. The summed E-state index contributed by atoms with van der Waals surface area (Å²) in [6, 6.07) is 15.0. The van der Waals surface area contributed by atoms with Crippen LogP contribution in [0.15, 0.2) is 48.5 Å². The molecular formula is C30H33FO7S. The van der Waals surface area contributed by atoms with Gasteiger partial charge >= 0.3 is 5.97 Å². The highest BCUT2D eigenvalue weighted by atomic mass is 32.2. The number of halogens is 1. The molecule has 0 radical (unpaired) electrons. The van der Waals surface area contributed by atoms with Crippen LogP contribution in [0.4, 0.5) is 4.39 Å². The first kappa shape index (κ1) is 28.4. The molecule has 0 saturated heterocycles. The predicted octanol–water partition coefficient (Wildman–Crippen LogP) is 5.54. The average Bonchev–Trinajstić information content (AvgIpc) is 3.29. The summed E-state index contributed by atoms with van der Waals surface area (Å²) in [7, 11) is -1.71. The number of aryl methyl sites for hydroxylation is 1. The van der Waals surface area contributed by atoms with Crippen molar-refractivity contribution in [2.45, 2.75) is 39.2 Å². The lowest BCUT2D eigenvalue weighted by molar-refractivity contribution is -0.141. The van der Waals surface area contributed by atoms with Crippen molar-refractivity contribution >= 4 is 15.8 Å². The molecule has 0 fully saturated rings. The van der Waals surface area contributed by atoms with E-state index in [9.17, 15) is 13.2 Å². The summed E-state index contributed by atoms with van der Waals surface area (Å²) >= 11 is 0. The van der Waals surface area contributed by atoms with Crippen molar-refractivity contribution < 1.29 is 36.6 Å². The number of hydrogen-bond donors (Lipinski definition) is 0. The molecule has 0 bridgehead atoms. The molecule has 0 aromatic heterocycles. The van der Waals surface area contributed by atoms with Gasteiger partial charge in [-0.05, 0) is 66.3 Å². The molecule has 1 aliphatic heterocycles. The molecule has 3 aromatic carbocycles. The quantitative estimate of drug-likeness (QED) is 0.226. The van der Waals surface area contributed by atoms with Crippen molar-refractivity contribution in [2.75, 3.05) is 32.3 Å². The fourth-order valence-electron chi connectivity index (χ4n) is 4.76. The molecular weight excluding hydrogens is 523 g/mol. The number of sulfone groups is 1. The van der Waals surface area contributed by atoms with Gasteiger partial charge in [0, 0.05) is 23.8 Å². The van der Waals surface area contributed by atoms with Crippen molar-refractivity contribution in [2.24, 2.45) is 0 Å². The zero-order valence-electron chi connectivity index (χ0n) is 22.6. The first-order chi connectivity index (χ1) is 18.6. The van der Waals surface area contributed by atoms with E-state index < -0.39 is 15.7 Å². The minimum atomic E-state index is -3.09. The Morgan fingerprint density at radius 1 is 1.10 bits per heavy atom. The maximum Gasteiger partial charge on any atom is 0.306 e. The number of esters is 1. The summed E-state index contributed by atoms with van der Waals surface area (Å²) in [5.41, 5.74) is 4.83. The van der Waals surface area contributed by atoms with Crippen LogP contribution in [0, 0.1) is 19.7 Å². The summed E-state index contributed by atoms with van der Waals surface area (Å²) in [4.78, 5) is 11.6. The highest BCUT2D eigenvalue weighted by Gasteiger charge is 2.27. The van der Waals surface area contributed by atoms with Crippen molar-refractivity contribution in [3.05, 3.63) is 76.6 Å². The number of fused-ring (bicyclic) bond motifs is 1. The Kier molecular flexibility index (Phi) is 8.80. The standard InChI is InChI=1S/C30H33FO7S/c1-19-13-27(36-11-6-12-39(4,33)34)30(31)20(2)29(19)22-8-5-7-21(14-22)17-37-24-9-10-25-23(15-28(32)35-3)18-38-26(25)16-24/h5,7-10,13-14,16,23H,6,11-12,15,17-18H2,1-4H3. The predicted molar refractivity (Wildman–Crippen MR) is 147 cm³/mol. The number of methoxy groups -OCH3 is 1. The van der Waals surface area contributed by atoms with E-state index in [4.69, 9.17) is 18.9 Å². The van der Waals surface area contributed by atoms with E-state index in [1.54, 1.807) is 13.0 Å². The fourth-order valence-corrected chi connectivity index (χ4v) is 5.40. The molecule has 0 saturated carbocycles. The Balaban J connectivity index is 1.44. The maximum absolute atomic E-state index is 15.2. The van der Waals surface area contributed by atoms with E-state index in [0.717, 1.165) is 27.8 Å². The van der Waals surface area contributed by atoms with Crippen LogP contribution in [-0.4, -0.2) is 46.7 Å². The zero-order valence-corrected chi connectivity index (χ0v) is 23.4. The highest BCUT2D eigenvalue weighted by molar-refractivity contribution is 7.90. The maximum atomic E-state index is 15.2. The van der Waals surface area contributed by atoms with E-state index in [2.05, 4.69) is 0 Å². The van der Waals surface area contributed by atoms with Crippen LogP contribution < -0.4 is 14.2 Å². The fraction of sp³-hybridized carbons (Fsp3) is 0.367. The summed E-state index contributed by atoms with van der Waals surface area (Å²) in [6.45, 7) is 4.46.